The van der Waals surface area contributed by atoms with Crippen LogP contribution >= 0.6 is 0 Å². The normalized spacial score (nSPS) is 14.0. The van der Waals surface area contributed by atoms with Crippen LogP contribution in [0.1, 0.15) is 29.7 Å². The fraction of sp³-hybridized carbons (Fsp3) is 0.211. The van der Waals surface area contributed by atoms with Crippen molar-refractivity contribution in [3.63, 3.8) is 0 Å². The Kier molecular flexibility index (Phi) is 5.03. The van der Waals surface area contributed by atoms with Gasteiger partial charge in [0.1, 0.15) is 23.9 Å². The number of hydrogen-bond donors (Lipinski definition) is 1. The average molecular weight is 371 g/mol. The van der Waals surface area contributed by atoms with Crippen LogP contribution in [0.5, 0.6) is 5.75 Å². The summed E-state index contributed by atoms with van der Waals surface area (Å²) >= 11 is 0. The van der Waals surface area contributed by atoms with Gasteiger partial charge in [0, 0.05) is 17.2 Å². The van der Waals surface area contributed by atoms with Crippen LogP contribution in [0.4, 0.5) is 13.6 Å². The van der Waals surface area contributed by atoms with E-state index >= 15 is 0 Å². The van der Waals surface area contributed by atoms with E-state index in [0.29, 0.717) is 16.9 Å². The lowest BCUT2D eigenvalue weighted by atomic mass is 10.1. The molecule has 3 rings (SSSR count). The maximum Gasteiger partial charge on any atom is 0.416 e. The lowest BCUT2D eigenvalue weighted by Crippen LogP contribution is -2.44. The number of rotatable bonds is 4. The summed E-state index contributed by atoms with van der Waals surface area (Å²) in [7, 11) is 0. The predicted molar refractivity (Wildman–Crippen MR) is 90.5 cm³/mol. The van der Waals surface area contributed by atoms with Crippen molar-refractivity contribution in [2.75, 3.05) is 6.54 Å². The molecule has 6 nitrogen and oxygen atoms in total. The lowest BCUT2D eigenvalue weighted by molar-refractivity contribution is -0.122. The number of ether oxygens (including phenoxy) is 1. The minimum Gasteiger partial charge on any atom is -0.410 e. The van der Waals surface area contributed by atoms with E-state index in [2.05, 4.69) is 5.32 Å². The smallest absolute Gasteiger partial charge is 0.410 e. The molecule has 0 fully saturated rings. The largest absolute Gasteiger partial charge is 0.416 e. The van der Waals surface area contributed by atoms with Crippen LogP contribution in [0, 0.1) is 23.0 Å². The maximum absolute atomic E-state index is 13.8. The summed E-state index contributed by atoms with van der Waals surface area (Å²) in [6.45, 7) is 1.36. The van der Waals surface area contributed by atoms with E-state index in [-0.39, 0.29) is 18.7 Å². The molecule has 0 radical (unpaired) electrons. The molecule has 2 aromatic carbocycles. The number of fused-ring (bicyclic) bond motifs is 1. The molecule has 0 saturated heterocycles. The minimum atomic E-state index is -0.766. The molecule has 2 amide bonds. The molecule has 0 bridgehead atoms. The highest BCUT2D eigenvalue weighted by Crippen LogP contribution is 2.27. The Morgan fingerprint density at radius 3 is 2.81 bits per heavy atom. The zero-order valence-electron chi connectivity index (χ0n) is 14.3. The second-order valence-corrected chi connectivity index (χ2v) is 6.11. The molecule has 0 spiro atoms. The quantitative estimate of drug-likeness (QED) is 0.896. The predicted octanol–water partition coefficient (Wildman–Crippen LogP) is 3.03. The summed E-state index contributed by atoms with van der Waals surface area (Å²) in [5.41, 5.74) is 1.16. The highest BCUT2D eigenvalue weighted by Gasteiger charge is 2.27. The lowest BCUT2D eigenvalue weighted by Gasteiger charge is -2.28. The van der Waals surface area contributed by atoms with E-state index in [0.717, 1.165) is 12.1 Å². The first kappa shape index (κ1) is 18.3. The molecule has 0 aliphatic carbocycles. The summed E-state index contributed by atoms with van der Waals surface area (Å²) in [6.07, 6.45) is -0.692. The van der Waals surface area contributed by atoms with Crippen molar-refractivity contribution in [2.24, 2.45) is 0 Å². The number of carbonyl (C=O) groups is 2. The monoisotopic (exact) mass is 371 g/mol. The Morgan fingerprint density at radius 1 is 1.33 bits per heavy atom. The molecular formula is C19H15F2N3O3. The zero-order valence-corrected chi connectivity index (χ0v) is 14.3. The SMILES string of the molecule is C[C@@H](NC(=O)CN1Cc2cc(C#N)ccc2OC1=O)c1ccc(F)cc1F. The molecule has 2 aromatic rings. The van der Waals surface area contributed by atoms with Gasteiger partial charge >= 0.3 is 6.09 Å². The Balaban J connectivity index is 1.66. The highest BCUT2D eigenvalue weighted by molar-refractivity contribution is 5.84. The number of halogens is 2. The highest BCUT2D eigenvalue weighted by atomic mass is 19.1. The zero-order chi connectivity index (χ0) is 19.6. The number of nitrogens with zero attached hydrogens (tertiary/aromatic N) is 2. The molecule has 27 heavy (non-hydrogen) atoms. The van der Waals surface area contributed by atoms with Gasteiger partial charge < -0.3 is 10.1 Å². The van der Waals surface area contributed by atoms with Gasteiger partial charge in [0.25, 0.3) is 0 Å². The van der Waals surface area contributed by atoms with Crippen molar-refractivity contribution in [1.82, 2.24) is 10.2 Å². The van der Waals surface area contributed by atoms with E-state index in [1.807, 2.05) is 6.07 Å². The second kappa shape index (κ2) is 7.41. The van der Waals surface area contributed by atoms with Crippen LogP contribution < -0.4 is 10.1 Å². The third-order valence-electron chi connectivity index (χ3n) is 4.15. The summed E-state index contributed by atoms with van der Waals surface area (Å²) in [4.78, 5) is 25.5. The first-order valence-corrected chi connectivity index (χ1v) is 8.11. The van der Waals surface area contributed by atoms with Gasteiger partial charge in [0.05, 0.1) is 24.2 Å². The number of hydrogen-bond acceptors (Lipinski definition) is 4. The Morgan fingerprint density at radius 2 is 2.11 bits per heavy atom. The van der Waals surface area contributed by atoms with E-state index in [9.17, 15) is 18.4 Å². The van der Waals surface area contributed by atoms with Gasteiger partial charge in [-0.1, -0.05) is 6.07 Å². The number of nitriles is 1. The fourth-order valence-electron chi connectivity index (χ4n) is 2.81. The van der Waals surface area contributed by atoms with E-state index < -0.39 is 29.7 Å². The Bertz CT molecular complexity index is 956. The van der Waals surface area contributed by atoms with E-state index in [1.54, 1.807) is 13.0 Å². The number of nitrogens with one attached hydrogen (secondary N) is 1. The third kappa shape index (κ3) is 4.03. The van der Waals surface area contributed by atoms with Gasteiger partial charge in [-0.25, -0.2) is 13.6 Å². The van der Waals surface area contributed by atoms with Gasteiger partial charge in [-0.15, -0.1) is 0 Å². The molecule has 138 valence electrons. The third-order valence-corrected chi connectivity index (χ3v) is 4.15. The molecule has 1 N–H and O–H groups in total. The Labute approximate surface area is 154 Å². The van der Waals surface area contributed by atoms with Gasteiger partial charge in [-0.05, 0) is 31.2 Å². The molecule has 1 aliphatic heterocycles. The van der Waals surface area contributed by atoms with E-state index in [4.69, 9.17) is 10.00 Å². The standard InChI is InChI=1S/C19H15F2N3O3/c1-11(15-4-3-14(20)7-16(15)21)23-18(25)10-24-9-13-6-12(8-22)2-5-17(13)27-19(24)26/h2-7,11H,9-10H2,1H3,(H,23,25)/t11-/m1/s1. The molecule has 1 aliphatic rings. The van der Waals surface area contributed by atoms with Crippen LogP contribution in [0.25, 0.3) is 0 Å². The van der Waals surface area contributed by atoms with Crippen molar-refractivity contribution in [3.8, 4) is 11.8 Å². The van der Waals surface area contributed by atoms with Crippen LogP contribution in [-0.2, 0) is 11.3 Å². The van der Waals surface area contributed by atoms with Crippen LogP contribution in [0.3, 0.4) is 0 Å². The van der Waals surface area contributed by atoms with Gasteiger partial charge in [-0.3, -0.25) is 9.69 Å². The Hall–Kier alpha value is -3.47. The number of benzene rings is 2. The average Bonchev–Trinajstić information content (AvgIpc) is 2.61. The fourth-order valence-corrected chi connectivity index (χ4v) is 2.81. The summed E-state index contributed by atoms with van der Waals surface area (Å²) in [6, 6.07) is 9.04. The molecule has 0 unspecified atom stereocenters. The van der Waals surface area contributed by atoms with Crippen molar-refractivity contribution in [1.29, 1.82) is 5.26 Å². The second-order valence-electron chi connectivity index (χ2n) is 6.11. The van der Waals surface area contributed by atoms with Crippen molar-refractivity contribution >= 4 is 12.0 Å². The topological polar surface area (TPSA) is 82.4 Å². The molecule has 1 atom stereocenters. The van der Waals surface area contributed by atoms with Crippen molar-refractivity contribution in [2.45, 2.75) is 19.5 Å². The summed E-state index contributed by atoms with van der Waals surface area (Å²) < 4.78 is 32.0. The van der Waals surface area contributed by atoms with Gasteiger partial charge in [0.15, 0.2) is 0 Å². The first-order valence-electron chi connectivity index (χ1n) is 8.11. The van der Waals surface area contributed by atoms with Crippen molar-refractivity contribution < 1.29 is 23.1 Å². The molecule has 8 heteroatoms. The summed E-state index contributed by atoms with van der Waals surface area (Å²) in [5.74, 6) is -1.65. The minimum absolute atomic E-state index is 0.108. The van der Waals surface area contributed by atoms with Crippen LogP contribution in [0.2, 0.25) is 0 Å². The maximum atomic E-state index is 13.8. The molecular weight excluding hydrogens is 356 g/mol. The van der Waals surface area contributed by atoms with Crippen LogP contribution in [-0.4, -0.2) is 23.4 Å². The molecule has 0 saturated carbocycles. The van der Waals surface area contributed by atoms with E-state index in [1.165, 1.54) is 23.1 Å². The number of carbonyl (C=O) groups excluding carboxylic acids is 2. The van der Waals surface area contributed by atoms with Gasteiger partial charge in [0.2, 0.25) is 5.91 Å². The van der Waals surface area contributed by atoms with Gasteiger partial charge in [-0.2, -0.15) is 5.26 Å². The summed E-state index contributed by atoms with van der Waals surface area (Å²) in [5, 5.41) is 11.5. The number of amides is 2. The van der Waals surface area contributed by atoms with Crippen LogP contribution in [0.15, 0.2) is 36.4 Å². The molecule has 0 aromatic heterocycles. The first-order chi connectivity index (χ1) is 12.9. The molecule has 1 heterocycles. The van der Waals surface area contributed by atoms with Crippen molar-refractivity contribution in [3.05, 3.63) is 64.7 Å².